The molecule has 1 amide bonds. The van der Waals surface area contributed by atoms with E-state index >= 15 is 0 Å². The fourth-order valence-corrected chi connectivity index (χ4v) is 3.24. The zero-order chi connectivity index (χ0) is 19.2. The van der Waals surface area contributed by atoms with E-state index in [1.807, 2.05) is 0 Å². The summed E-state index contributed by atoms with van der Waals surface area (Å²) in [6.45, 7) is 1.71. The summed E-state index contributed by atoms with van der Waals surface area (Å²) in [5, 5.41) is 9.44. The van der Waals surface area contributed by atoms with Gasteiger partial charge in [-0.1, -0.05) is 6.07 Å². The molecule has 27 heavy (non-hydrogen) atoms. The quantitative estimate of drug-likeness (QED) is 0.384. The number of amides is 1. The van der Waals surface area contributed by atoms with Crippen molar-refractivity contribution in [3.63, 3.8) is 0 Å². The third-order valence-corrected chi connectivity index (χ3v) is 4.82. The summed E-state index contributed by atoms with van der Waals surface area (Å²) in [5.41, 5.74) is 0.0337. The van der Waals surface area contributed by atoms with Crippen molar-refractivity contribution in [3.05, 3.63) is 29.8 Å². The minimum atomic E-state index is -0.539. The maximum atomic E-state index is 13.9. The number of carbonyl (C=O) groups is 1. The van der Waals surface area contributed by atoms with Crippen molar-refractivity contribution in [2.75, 3.05) is 31.6 Å². The Morgan fingerprint density at radius 2 is 1.93 bits per heavy atom. The van der Waals surface area contributed by atoms with E-state index in [9.17, 15) is 13.6 Å². The first kappa shape index (κ1) is 19.4. The highest BCUT2D eigenvalue weighted by atomic mass is 19.1. The van der Waals surface area contributed by atoms with E-state index in [1.165, 1.54) is 18.2 Å². The van der Waals surface area contributed by atoms with Crippen LogP contribution < -0.4 is 20.9 Å². The maximum Gasteiger partial charge on any atom is 0.220 e. The average Bonchev–Trinajstić information content (AvgIpc) is 3.33. The van der Waals surface area contributed by atoms with Crippen molar-refractivity contribution in [1.29, 1.82) is 0 Å². The second-order valence-electron chi connectivity index (χ2n) is 7.09. The van der Waals surface area contributed by atoms with Crippen LogP contribution in [-0.2, 0) is 4.79 Å². The van der Waals surface area contributed by atoms with Crippen LogP contribution in [0, 0.1) is 11.6 Å². The smallest absolute Gasteiger partial charge is 0.220 e. The minimum absolute atomic E-state index is 0.0337. The highest BCUT2D eigenvalue weighted by molar-refractivity contribution is 5.80. The maximum absolute atomic E-state index is 13.9. The second-order valence-corrected chi connectivity index (χ2v) is 7.09. The highest BCUT2D eigenvalue weighted by Crippen LogP contribution is 2.26. The first-order chi connectivity index (χ1) is 13.1. The Bertz CT molecular complexity index is 672. The van der Waals surface area contributed by atoms with E-state index in [0.717, 1.165) is 25.7 Å². The lowest BCUT2D eigenvalue weighted by molar-refractivity contribution is -0.121. The molecule has 1 unspecified atom stereocenters. The molecule has 1 aliphatic carbocycles. The minimum Gasteiger partial charge on any atom is -0.365 e. The van der Waals surface area contributed by atoms with Crippen molar-refractivity contribution >= 4 is 17.6 Å². The molecular weight excluding hydrogens is 352 g/mol. The molecule has 1 atom stereocenters. The van der Waals surface area contributed by atoms with Crippen LogP contribution in [-0.4, -0.2) is 50.6 Å². The summed E-state index contributed by atoms with van der Waals surface area (Å²) in [4.78, 5) is 17.6. The van der Waals surface area contributed by atoms with Crippen LogP contribution in [0.15, 0.2) is 23.2 Å². The summed E-state index contributed by atoms with van der Waals surface area (Å²) in [6, 6.07) is 4.37. The van der Waals surface area contributed by atoms with Gasteiger partial charge < -0.3 is 20.9 Å². The van der Waals surface area contributed by atoms with Gasteiger partial charge in [-0.25, -0.2) is 8.78 Å². The van der Waals surface area contributed by atoms with Gasteiger partial charge in [0.2, 0.25) is 5.91 Å². The van der Waals surface area contributed by atoms with Gasteiger partial charge in [-0.3, -0.25) is 9.79 Å². The molecule has 2 fully saturated rings. The fraction of sp³-hybridized carbons (Fsp3) is 0.579. The van der Waals surface area contributed by atoms with E-state index in [1.54, 1.807) is 11.9 Å². The number of rotatable bonds is 7. The third kappa shape index (κ3) is 5.55. The van der Waals surface area contributed by atoms with Crippen LogP contribution in [0.3, 0.4) is 0 Å². The van der Waals surface area contributed by atoms with Gasteiger partial charge in [-0.05, 0) is 37.8 Å². The molecule has 8 heteroatoms. The Morgan fingerprint density at radius 1 is 1.19 bits per heavy atom. The van der Waals surface area contributed by atoms with Crippen molar-refractivity contribution in [3.8, 4) is 0 Å². The lowest BCUT2D eigenvalue weighted by Gasteiger charge is -2.21. The van der Waals surface area contributed by atoms with Crippen molar-refractivity contribution < 1.29 is 13.6 Å². The van der Waals surface area contributed by atoms with Crippen LogP contribution in [0.2, 0.25) is 0 Å². The summed E-state index contributed by atoms with van der Waals surface area (Å²) in [5.74, 6) is -0.343. The van der Waals surface area contributed by atoms with Crippen molar-refractivity contribution in [1.82, 2.24) is 16.0 Å². The monoisotopic (exact) mass is 379 g/mol. The Labute approximate surface area is 158 Å². The first-order valence-electron chi connectivity index (χ1n) is 9.52. The normalized spacial score (nSPS) is 19.9. The second kappa shape index (κ2) is 9.01. The Hall–Kier alpha value is -2.38. The molecule has 1 aromatic rings. The number of nitrogens with zero attached hydrogens (tertiary/aromatic N) is 2. The summed E-state index contributed by atoms with van der Waals surface area (Å²) < 4.78 is 27.9. The van der Waals surface area contributed by atoms with E-state index < -0.39 is 11.6 Å². The summed E-state index contributed by atoms with van der Waals surface area (Å²) in [7, 11) is 1.68. The van der Waals surface area contributed by atoms with Gasteiger partial charge in [0.15, 0.2) is 5.96 Å². The van der Waals surface area contributed by atoms with Crippen molar-refractivity contribution in [2.24, 2.45) is 4.99 Å². The number of carbonyl (C=O) groups excluding carboxylic acids is 1. The van der Waals surface area contributed by atoms with Crippen LogP contribution in [0.1, 0.15) is 32.1 Å². The van der Waals surface area contributed by atoms with Gasteiger partial charge in [0.05, 0.1) is 0 Å². The fourth-order valence-electron chi connectivity index (χ4n) is 3.24. The van der Waals surface area contributed by atoms with Gasteiger partial charge in [0.25, 0.3) is 0 Å². The number of halogens is 2. The lowest BCUT2D eigenvalue weighted by atomic mass is 10.2. The van der Waals surface area contributed by atoms with E-state index in [4.69, 9.17) is 0 Å². The van der Waals surface area contributed by atoms with Gasteiger partial charge in [-0.15, -0.1) is 0 Å². The molecule has 0 aromatic heterocycles. The number of benzene rings is 1. The number of hydrogen-bond acceptors (Lipinski definition) is 3. The standard InChI is InChI=1S/C19H27F2N5O/c1-22-19(23-10-3-6-17(27)24-13-7-8-13)25-14-9-11-26(12-14)18-15(20)4-2-5-16(18)21/h2,4-5,13-14H,3,6-12H2,1H3,(H,24,27)(H2,22,23,25). The van der Waals surface area contributed by atoms with Crippen molar-refractivity contribution in [2.45, 2.75) is 44.2 Å². The Kier molecular flexibility index (Phi) is 6.47. The largest absolute Gasteiger partial charge is 0.365 e. The van der Waals surface area contributed by atoms with E-state index in [2.05, 4.69) is 20.9 Å². The highest BCUT2D eigenvalue weighted by Gasteiger charge is 2.27. The molecule has 0 bridgehead atoms. The zero-order valence-electron chi connectivity index (χ0n) is 15.6. The first-order valence-corrected chi connectivity index (χ1v) is 9.52. The van der Waals surface area contributed by atoms with Gasteiger partial charge in [-0.2, -0.15) is 0 Å². The summed E-state index contributed by atoms with van der Waals surface area (Å²) >= 11 is 0. The molecule has 6 nitrogen and oxygen atoms in total. The molecule has 0 radical (unpaired) electrons. The molecule has 1 aliphatic heterocycles. The number of guanidine groups is 1. The SMILES string of the molecule is CN=C(NCCCC(=O)NC1CC1)NC1CCN(c2c(F)cccc2F)C1. The molecule has 0 spiro atoms. The topological polar surface area (TPSA) is 68.8 Å². The average molecular weight is 379 g/mol. The van der Waals surface area contributed by atoms with Crippen LogP contribution >= 0.6 is 0 Å². The predicted molar refractivity (Wildman–Crippen MR) is 102 cm³/mol. The number of hydrogen-bond donors (Lipinski definition) is 3. The molecule has 3 N–H and O–H groups in total. The third-order valence-electron chi connectivity index (χ3n) is 4.82. The van der Waals surface area contributed by atoms with Crippen LogP contribution in [0.5, 0.6) is 0 Å². The van der Waals surface area contributed by atoms with Gasteiger partial charge in [0, 0.05) is 45.2 Å². The molecular formula is C19H27F2N5O. The van der Waals surface area contributed by atoms with Crippen LogP contribution in [0.4, 0.5) is 14.5 Å². The predicted octanol–water partition coefficient (Wildman–Crippen LogP) is 1.77. The van der Waals surface area contributed by atoms with Gasteiger partial charge >= 0.3 is 0 Å². The zero-order valence-corrected chi connectivity index (χ0v) is 15.6. The Morgan fingerprint density at radius 3 is 2.59 bits per heavy atom. The van der Waals surface area contributed by atoms with Gasteiger partial charge in [0.1, 0.15) is 17.3 Å². The van der Waals surface area contributed by atoms with E-state index in [0.29, 0.717) is 38.1 Å². The summed E-state index contributed by atoms with van der Waals surface area (Å²) in [6.07, 6.45) is 4.16. The molecule has 1 saturated carbocycles. The molecule has 148 valence electrons. The Balaban J connectivity index is 1.40. The lowest BCUT2D eigenvalue weighted by Crippen LogP contribution is -2.45. The molecule has 1 saturated heterocycles. The molecule has 1 heterocycles. The number of anilines is 1. The number of nitrogens with one attached hydrogen (secondary N) is 3. The van der Waals surface area contributed by atoms with Crippen LogP contribution in [0.25, 0.3) is 0 Å². The molecule has 1 aromatic carbocycles. The molecule has 2 aliphatic rings. The van der Waals surface area contributed by atoms with E-state index in [-0.39, 0.29) is 17.6 Å². The number of para-hydroxylation sites is 1. The molecule has 3 rings (SSSR count). The number of aliphatic imine (C=N–C) groups is 1.